The monoisotopic (exact) mass is 302 g/mol. The van der Waals surface area contributed by atoms with Gasteiger partial charge < -0.3 is 0 Å². The highest BCUT2D eigenvalue weighted by Gasteiger charge is 2.20. The molecule has 7 heteroatoms. The minimum absolute atomic E-state index is 0.0647. The minimum atomic E-state index is -1.51. The first-order valence-corrected chi connectivity index (χ1v) is 8.35. The highest BCUT2D eigenvalue weighted by atomic mass is 32.4. The standard InChI is InChI=1S/C11H12NO3PS2/c1-8(2)18-11(14)9-5-3-4-6-10(9)15-16(17)12-7-13/h3-8H,1-2H3/p+1. The first kappa shape index (κ1) is 15.1. The van der Waals surface area contributed by atoms with Gasteiger partial charge in [-0.15, -0.1) is 5.09 Å². The molecule has 0 fully saturated rings. The molecule has 0 aliphatic rings. The molecule has 1 N–H and O–H groups in total. The predicted molar refractivity (Wildman–Crippen MR) is 77.6 cm³/mol. The van der Waals surface area contributed by atoms with Crippen molar-refractivity contribution < 1.29 is 14.1 Å². The Kier molecular flexibility index (Phi) is 6.25. The van der Waals surface area contributed by atoms with Crippen molar-refractivity contribution >= 4 is 42.2 Å². The van der Waals surface area contributed by atoms with Gasteiger partial charge in [0, 0.05) is 5.25 Å². The lowest BCUT2D eigenvalue weighted by Crippen LogP contribution is -2.05. The summed E-state index contributed by atoms with van der Waals surface area (Å²) >= 11 is 6.16. The molecule has 0 spiro atoms. The van der Waals surface area contributed by atoms with E-state index in [0.717, 1.165) is 0 Å². The number of carbonyl (C=O) groups is 2. The molecular formula is C11H13NO3PS2+. The molecule has 0 aliphatic carbocycles. The molecule has 1 rings (SSSR count). The fraction of sp³-hybridized carbons (Fsp3) is 0.273. The number of amides is 1. The molecule has 96 valence electrons. The third kappa shape index (κ3) is 4.72. The predicted octanol–water partition coefficient (Wildman–Crippen LogP) is 2.87. The second-order valence-electron chi connectivity index (χ2n) is 3.55. The quantitative estimate of drug-likeness (QED) is 0.647. The van der Waals surface area contributed by atoms with Gasteiger partial charge >= 0.3 is 7.07 Å². The van der Waals surface area contributed by atoms with E-state index in [-0.39, 0.29) is 10.4 Å². The molecule has 1 amide bonds. The largest absolute Gasteiger partial charge is 0.522 e. The fourth-order valence-electron chi connectivity index (χ4n) is 1.15. The van der Waals surface area contributed by atoms with Crippen LogP contribution in [0.25, 0.3) is 0 Å². The zero-order valence-electron chi connectivity index (χ0n) is 9.95. The van der Waals surface area contributed by atoms with Crippen LogP contribution in [-0.4, -0.2) is 16.8 Å². The van der Waals surface area contributed by atoms with Crippen LogP contribution in [0.4, 0.5) is 0 Å². The summed E-state index contributed by atoms with van der Waals surface area (Å²) < 4.78 is 5.39. The van der Waals surface area contributed by atoms with Gasteiger partial charge in [0.1, 0.15) is 0 Å². The Bertz CT molecular complexity index is 465. The van der Waals surface area contributed by atoms with E-state index in [0.29, 0.717) is 17.7 Å². The van der Waals surface area contributed by atoms with Crippen LogP contribution in [0, 0.1) is 0 Å². The molecule has 1 aromatic carbocycles. The first-order chi connectivity index (χ1) is 8.54. The summed E-state index contributed by atoms with van der Waals surface area (Å²) in [4.78, 5) is 22.2. The number of carbonyl (C=O) groups excluding carboxylic acids is 2. The summed E-state index contributed by atoms with van der Waals surface area (Å²) in [5.41, 5.74) is 0.473. The summed E-state index contributed by atoms with van der Waals surface area (Å²) in [6.45, 7) is 3.89. The van der Waals surface area contributed by atoms with Gasteiger partial charge in [-0.2, -0.15) is 0 Å². The third-order valence-electron chi connectivity index (χ3n) is 1.79. The number of para-hydroxylation sites is 1. The van der Waals surface area contributed by atoms with E-state index in [2.05, 4.69) is 5.09 Å². The van der Waals surface area contributed by atoms with Gasteiger partial charge in [-0.05, 0) is 12.1 Å². The lowest BCUT2D eigenvalue weighted by molar-refractivity contribution is -0.108. The topological polar surface area (TPSA) is 55.4 Å². The Labute approximate surface area is 116 Å². The highest BCUT2D eigenvalue weighted by molar-refractivity contribution is 8.14. The van der Waals surface area contributed by atoms with Crippen LogP contribution in [0.1, 0.15) is 24.2 Å². The molecule has 0 radical (unpaired) electrons. The fourth-order valence-corrected chi connectivity index (χ4v) is 2.72. The lowest BCUT2D eigenvalue weighted by atomic mass is 10.2. The molecular weight excluding hydrogens is 289 g/mol. The van der Waals surface area contributed by atoms with Crippen molar-refractivity contribution in [2.75, 3.05) is 0 Å². The van der Waals surface area contributed by atoms with Crippen LogP contribution in [0.3, 0.4) is 0 Å². The Morgan fingerprint density at radius 1 is 1.50 bits per heavy atom. The molecule has 18 heavy (non-hydrogen) atoms. The minimum Gasteiger partial charge on any atom is -0.281 e. The summed E-state index contributed by atoms with van der Waals surface area (Å²) in [5.74, 6) is 0.408. The Balaban J connectivity index is 2.88. The maximum absolute atomic E-state index is 12.0. The van der Waals surface area contributed by atoms with Gasteiger partial charge in [0.25, 0.3) is 0 Å². The van der Waals surface area contributed by atoms with Gasteiger partial charge in [0.05, 0.1) is 5.56 Å². The number of nitrogens with one attached hydrogen (secondary N) is 1. The number of thioether (sulfide) groups is 1. The normalized spacial score (nSPS) is 10.9. The van der Waals surface area contributed by atoms with Crippen molar-refractivity contribution in [3.63, 3.8) is 0 Å². The summed E-state index contributed by atoms with van der Waals surface area (Å²) in [6, 6.07) is 6.88. The van der Waals surface area contributed by atoms with Crippen LogP contribution < -0.4 is 9.61 Å². The van der Waals surface area contributed by atoms with E-state index in [9.17, 15) is 9.59 Å². The van der Waals surface area contributed by atoms with Gasteiger partial charge in [-0.25, -0.2) is 0 Å². The number of benzene rings is 1. The zero-order valence-corrected chi connectivity index (χ0v) is 12.5. The van der Waals surface area contributed by atoms with E-state index < -0.39 is 7.07 Å². The maximum Gasteiger partial charge on any atom is 0.522 e. The Hall–Kier alpha value is -0.970. The second-order valence-corrected chi connectivity index (χ2v) is 7.04. The molecule has 0 aliphatic heterocycles. The molecule has 1 atom stereocenters. The van der Waals surface area contributed by atoms with Crippen LogP contribution in [0.5, 0.6) is 5.75 Å². The molecule has 0 saturated carbocycles. The Morgan fingerprint density at radius 2 is 2.17 bits per heavy atom. The van der Waals surface area contributed by atoms with Crippen LogP contribution in [-0.2, 0) is 16.6 Å². The molecule has 0 bridgehead atoms. The van der Waals surface area contributed by atoms with Crippen LogP contribution in [0.15, 0.2) is 24.3 Å². The number of hydrogen-bond donors (Lipinski definition) is 1. The van der Waals surface area contributed by atoms with Crippen molar-refractivity contribution in [1.29, 1.82) is 0 Å². The smallest absolute Gasteiger partial charge is 0.281 e. The van der Waals surface area contributed by atoms with Crippen molar-refractivity contribution in [2.45, 2.75) is 19.1 Å². The first-order valence-electron chi connectivity index (χ1n) is 5.19. The van der Waals surface area contributed by atoms with E-state index in [4.69, 9.17) is 16.3 Å². The Morgan fingerprint density at radius 3 is 2.78 bits per heavy atom. The molecule has 1 aromatic rings. The van der Waals surface area contributed by atoms with Gasteiger partial charge in [-0.1, -0.05) is 37.7 Å². The number of rotatable bonds is 6. The van der Waals surface area contributed by atoms with Crippen molar-refractivity contribution in [3.05, 3.63) is 29.8 Å². The summed E-state index contributed by atoms with van der Waals surface area (Å²) in [5, 5.41) is 2.49. The summed E-state index contributed by atoms with van der Waals surface area (Å²) in [7, 11) is -1.51. The van der Waals surface area contributed by atoms with Crippen molar-refractivity contribution in [3.8, 4) is 5.75 Å². The molecule has 0 aromatic heterocycles. The second kappa shape index (κ2) is 7.46. The van der Waals surface area contributed by atoms with Gasteiger partial charge in [-0.3, -0.25) is 14.1 Å². The SMILES string of the molecule is CC(C)SC(=O)c1ccccc1O[P+](=S)NC=O. The maximum atomic E-state index is 12.0. The summed E-state index contributed by atoms with van der Waals surface area (Å²) in [6.07, 6.45) is 0.492. The molecule has 4 nitrogen and oxygen atoms in total. The van der Waals surface area contributed by atoms with Crippen molar-refractivity contribution in [1.82, 2.24) is 5.09 Å². The van der Waals surface area contributed by atoms with E-state index >= 15 is 0 Å². The molecule has 1 unspecified atom stereocenters. The zero-order chi connectivity index (χ0) is 13.5. The third-order valence-corrected chi connectivity index (χ3v) is 3.91. The number of hydrogen-bond acceptors (Lipinski definition) is 5. The lowest BCUT2D eigenvalue weighted by Gasteiger charge is -2.05. The average Bonchev–Trinajstić information content (AvgIpc) is 2.28. The van der Waals surface area contributed by atoms with Crippen molar-refractivity contribution in [2.24, 2.45) is 0 Å². The van der Waals surface area contributed by atoms with E-state index in [1.165, 1.54) is 11.8 Å². The highest BCUT2D eigenvalue weighted by Crippen LogP contribution is 2.30. The van der Waals surface area contributed by atoms with Crippen LogP contribution in [0.2, 0.25) is 0 Å². The van der Waals surface area contributed by atoms with Crippen LogP contribution >= 0.6 is 18.8 Å². The molecule has 0 saturated heterocycles. The van der Waals surface area contributed by atoms with E-state index in [1.54, 1.807) is 24.3 Å². The van der Waals surface area contributed by atoms with Gasteiger partial charge in [0.2, 0.25) is 23.3 Å². The van der Waals surface area contributed by atoms with Gasteiger partial charge in [0.15, 0.2) is 5.75 Å². The van der Waals surface area contributed by atoms with E-state index in [1.807, 2.05) is 13.8 Å². The average molecular weight is 302 g/mol. The molecule has 0 heterocycles.